The van der Waals surface area contributed by atoms with Crippen LogP contribution in [0.3, 0.4) is 0 Å². The standard InChI is InChI=1S/C20H22N4O4/c25-18(23-12-15-2-1-5-21-11-15)16-10-17(14-22-13-16)19(26)24-6-3-20(4-7-24)27-8-9-28-20/h1-2,5,10-11,13-14H,3-4,6-9,12H2,(H,23,25). The van der Waals surface area contributed by atoms with Gasteiger partial charge in [-0.2, -0.15) is 0 Å². The Kier molecular flexibility index (Phi) is 5.31. The molecule has 8 heteroatoms. The number of carbonyl (C=O) groups excluding carboxylic acids is 2. The summed E-state index contributed by atoms with van der Waals surface area (Å²) in [5.74, 6) is -0.943. The molecule has 1 spiro atoms. The predicted octanol–water partition coefficient (Wildman–Crippen LogP) is 1.39. The van der Waals surface area contributed by atoms with Crippen LogP contribution in [0.25, 0.3) is 0 Å². The molecule has 0 aromatic carbocycles. The maximum atomic E-state index is 12.8. The van der Waals surface area contributed by atoms with Gasteiger partial charge in [0.05, 0.1) is 24.3 Å². The van der Waals surface area contributed by atoms with Gasteiger partial charge >= 0.3 is 0 Å². The van der Waals surface area contributed by atoms with Crippen molar-refractivity contribution in [3.05, 3.63) is 59.7 Å². The highest BCUT2D eigenvalue weighted by Gasteiger charge is 2.40. The van der Waals surface area contributed by atoms with Gasteiger partial charge in [0.25, 0.3) is 11.8 Å². The van der Waals surface area contributed by atoms with E-state index in [1.54, 1.807) is 23.4 Å². The van der Waals surface area contributed by atoms with Crippen LogP contribution in [0.2, 0.25) is 0 Å². The van der Waals surface area contributed by atoms with E-state index >= 15 is 0 Å². The molecule has 2 aromatic heterocycles. The summed E-state index contributed by atoms with van der Waals surface area (Å²) in [6.07, 6.45) is 7.62. The molecule has 0 saturated carbocycles. The second-order valence-corrected chi connectivity index (χ2v) is 6.91. The Hall–Kier alpha value is -2.84. The average molecular weight is 382 g/mol. The number of aromatic nitrogens is 2. The molecule has 146 valence electrons. The van der Waals surface area contributed by atoms with Crippen LogP contribution in [0.5, 0.6) is 0 Å². The topological polar surface area (TPSA) is 93.7 Å². The molecule has 8 nitrogen and oxygen atoms in total. The normalized spacial score (nSPS) is 18.2. The van der Waals surface area contributed by atoms with E-state index in [-0.39, 0.29) is 11.8 Å². The average Bonchev–Trinajstić information content (AvgIpc) is 3.21. The first-order valence-electron chi connectivity index (χ1n) is 9.35. The molecule has 4 heterocycles. The van der Waals surface area contributed by atoms with Crippen molar-refractivity contribution in [2.45, 2.75) is 25.2 Å². The Morgan fingerprint density at radius 2 is 1.82 bits per heavy atom. The molecule has 0 radical (unpaired) electrons. The highest BCUT2D eigenvalue weighted by Crippen LogP contribution is 2.31. The third-order valence-electron chi connectivity index (χ3n) is 5.05. The van der Waals surface area contributed by atoms with Crippen LogP contribution in [0.1, 0.15) is 39.1 Å². The van der Waals surface area contributed by atoms with Crippen LogP contribution >= 0.6 is 0 Å². The summed E-state index contributed by atoms with van der Waals surface area (Å²) in [6, 6.07) is 5.28. The molecular weight excluding hydrogens is 360 g/mol. The van der Waals surface area contributed by atoms with Crippen molar-refractivity contribution in [1.82, 2.24) is 20.2 Å². The molecule has 4 rings (SSSR count). The molecule has 1 N–H and O–H groups in total. The van der Waals surface area contributed by atoms with E-state index in [0.717, 1.165) is 5.56 Å². The summed E-state index contributed by atoms with van der Waals surface area (Å²) >= 11 is 0. The minimum atomic E-state index is -0.525. The largest absolute Gasteiger partial charge is 0.348 e. The van der Waals surface area contributed by atoms with Gasteiger partial charge in [0.15, 0.2) is 5.79 Å². The first kappa shape index (κ1) is 18.5. The smallest absolute Gasteiger partial charge is 0.255 e. The van der Waals surface area contributed by atoms with E-state index in [1.807, 2.05) is 12.1 Å². The fourth-order valence-electron chi connectivity index (χ4n) is 3.49. The van der Waals surface area contributed by atoms with Gasteiger partial charge in [-0.25, -0.2) is 0 Å². The SMILES string of the molecule is O=C(NCc1cccnc1)c1cncc(C(=O)N2CCC3(CC2)OCCO3)c1. The molecule has 0 atom stereocenters. The van der Waals surface area contributed by atoms with Crippen molar-refractivity contribution in [1.29, 1.82) is 0 Å². The maximum absolute atomic E-state index is 12.8. The summed E-state index contributed by atoms with van der Waals surface area (Å²) in [7, 11) is 0. The summed E-state index contributed by atoms with van der Waals surface area (Å²) in [4.78, 5) is 35.1. The lowest BCUT2D eigenvalue weighted by Gasteiger charge is -2.37. The molecule has 2 aliphatic heterocycles. The molecule has 0 aliphatic carbocycles. The van der Waals surface area contributed by atoms with Crippen LogP contribution in [-0.2, 0) is 16.0 Å². The number of amides is 2. The Balaban J connectivity index is 1.37. The quantitative estimate of drug-likeness (QED) is 0.859. The third-order valence-corrected chi connectivity index (χ3v) is 5.05. The van der Waals surface area contributed by atoms with Gasteiger partial charge in [0.1, 0.15) is 0 Å². The molecule has 2 amide bonds. The second kappa shape index (κ2) is 8.04. The van der Waals surface area contributed by atoms with Crippen molar-refractivity contribution < 1.29 is 19.1 Å². The van der Waals surface area contributed by atoms with Gasteiger partial charge in [-0.3, -0.25) is 19.6 Å². The molecule has 2 saturated heterocycles. The van der Waals surface area contributed by atoms with E-state index in [4.69, 9.17) is 9.47 Å². The summed E-state index contributed by atoms with van der Waals surface area (Å²) in [5, 5.41) is 2.82. The van der Waals surface area contributed by atoms with Crippen LogP contribution in [-0.4, -0.2) is 58.8 Å². The molecule has 2 aromatic rings. The predicted molar refractivity (Wildman–Crippen MR) is 99.4 cm³/mol. The second-order valence-electron chi connectivity index (χ2n) is 6.91. The first-order chi connectivity index (χ1) is 13.7. The zero-order valence-electron chi connectivity index (χ0n) is 15.5. The monoisotopic (exact) mass is 382 g/mol. The lowest BCUT2D eigenvalue weighted by Crippen LogP contribution is -2.47. The molecular formula is C20H22N4O4. The summed E-state index contributed by atoms with van der Waals surface area (Å²) < 4.78 is 11.4. The zero-order valence-corrected chi connectivity index (χ0v) is 15.5. The van der Waals surface area contributed by atoms with E-state index in [2.05, 4.69) is 15.3 Å². The molecule has 2 aliphatic rings. The molecule has 0 bridgehead atoms. The minimum Gasteiger partial charge on any atom is -0.348 e. The van der Waals surface area contributed by atoms with Gasteiger partial charge < -0.3 is 19.7 Å². The van der Waals surface area contributed by atoms with Crippen LogP contribution in [0, 0.1) is 0 Å². The number of nitrogens with zero attached hydrogens (tertiary/aromatic N) is 3. The Morgan fingerprint density at radius 3 is 2.54 bits per heavy atom. The Labute approximate surface area is 162 Å². The number of hydrogen-bond donors (Lipinski definition) is 1. The fourth-order valence-corrected chi connectivity index (χ4v) is 3.49. The van der Waals surface area contributed by atoms with E-state index < -0.39 is 5.79 Å². The van der Waals surface area contributed by atoms with Gasteiger partial charge in [0, 0.05) is 57.3 Å². The number of nitrogens with one attached hydrogen (secondary N) is 1. The Bertz CT molecular complexity index is 842. The number of rotatable bonds is 4. The van der Waals surface area contributed by atoms with Crippen LogP contribution in [0.4, 0.5) is 0 Å². The number of piperidine rings is 1. The van der Waals surface area contributed by atoms with Crippen molar-refractivity contribution in [2.75, 3.05) is 26.3 Å². The third kappa shape index (κ3) is 4.02. The number of pyridine rings is 2. The van der Waals surface area contributed by atoms with Crippen molar-refractivity contribution in [3.8, 4) is 0 Å². The molecule has 2 fully saturated rings. The first-order valence-corrected chi connectivity index (χ1v) is 9.35. The number of likely N-dealkylation sites (tertiary alicyclic amines) is 1. The number of carbonyl (C=O) groups is 2. The molecule has 28 heavy (non-hydrogen) atoms. The fraction of sp³-hybridized carbons (Fsp3) is 0.400. The van der Waals surface area contributed by atoms with Gasteiger partial charge in [0.2, 0.25) is 0 Å². The highest BCUT2D eigenvalue weighted by molar-refractivity contribution is 5.99. The van der Waals surface area contributed by atoms with Crippen molar-refractivity contribution in [3.63, 3.8) is 0 Å². The Morgan fingerprint density at radius 1 is 1.07 bits per heavy atom. The lowest BCUT2D eigenvalue weighted by molar-refractivity contribution is -0.181. The number of hydrogen-bond acceptors (Lipinski definition) is 6. The summed E-state index contributed by atoms with van der Waals surface area (Å²) in [6.45, 7) is 2.67. The lowest BCUT2D eigenvalue weighted by atomic mass is 10.0. The van der Waals surface area contributed by atoms with E-state index in [0.29, 0.717) is 56.8 Å². The van der Waals surface area contributed by atoms with Gasteiger partial charge in [-0.1, -0.05) is 6.07 Å². The van der Waals surface area contributed by atoms with Crippen molar-refractivity contribution >= 4 is 11.8 Å². The molecule has 0 unspecified atom stereocenters. The van der Waals surface area contributed by atoms with Crippen LogP contribution < -0.4 is 5.32 Å². The highest BCUT2D eigenvalue weighted by atomic mass is 16.7. The van der Waals surface area contributed by atoms with E-state index in [1.165, 1.54) is 12.4 Å². The minimum absolute atomic E-state index is 0.137. The number of ether oxygens (including phenoxy) is 2. The zero-order chi connectivity index (χ0) is 19.4. The summed E-state index contributed by atoms with van der Waals surface area (Å²) in [5.41, 5.74) is 1.65. The van der Waals surface area contributed by atoms with Gasteiger partial charge in [-0.15, -0.1) is 0 Å². The van der Waals surface area contributed by atoms with E-state index in [9.17, 15) is 9.59 Å². The maximum Gasteiger partial charge on any atom is 0.255 e. The van der Waals surface area contributed by atoms with Crippen molar-refractivity contribution in [2.24, 2.45) is 0 Å². The van der Waals surface area contributed by atoms with Gasteiger partial charge in [-0.05, 0) is 17.7 Å². The van der Waals surface area contributed by atoms with Crippen LogP contribution in [0.15, 0.2) is 43.0 Å².